The first kappa shape index (κ1) is 15.7. The van der Waals surface area contributed by atoms with Crippen molar-refractivity contribution < 1.29 is 24.2 Å². The minimum absolute atomic E-state index is 0. The van der Waals surface area contributed by atoms with E-state index >= 15 is 0 Å². The molecule has 7 heavy (non-hydrogen) atoms. The van der Waals surface area contributed by atoms with Crippen molar-refractivity contribution in [2.24, 2.45) is 5.73 Å². The van der Waals surface area contributed by atoms with E-state index < -0.39 is 0 Å². The zero-order valence-corrected chi connectivity index (χ0v) is 7.08. The average molecular weight is 307 g/mol. The van der Waals surface area contributed by atoms with E-state index in [1.165, 1.54) is 0 Å². The zero-order valence-electron chi connectivity index (χ0n) is 4.06. The Morgan fingerprint density at radius 2 is 1.86 bits per heavy atom. The Morgan fingerprint density at radius 3 is 1.86 bits per heavy atom. The van der Waals surface area contributed by atoms with Crippen molar-refractivity contribution in [3.8, 4) is 0 Å². The monoisotopic (exact) mass is 306 g/mol. The molecule has 0 atom stereocenters. The molecule has 0 aromatic rings. The van der Waals surface area contributed by atoms with Crippen LogP contribution in [0.25, 0.3) is 0 Å². The van der Waals surface area contributed by atoms with E-state index in [1.807, 2.05) is 13.3 Å². The summed E-state index contributed by atoms with van der Waals surface area (Å²) in [4.78, 5) is 0. The first-order chi connectivity index (χ1) is 2.91. The molecule has 0 spiro atoms. The van der Waals surface area contributed by atoms with Crippen LogP contribution in [0.2, 0.25) is 0 Å². The van der Waals surface area contributed by atoms with Gasteiger partial charge in [0, 0.05) is 0 Å². The van der Waals surface area contributed by atoms with E-state index in [0.29, 0.717) is 6.54 Å². The number of hydrogen-bond acceptors (Lipinski definition) is 1. The van der Waals surface area contributed by atoms with Crippen molar-refractivity contribution in [1.29, 1.82) is 0 Å². The van der Waals surface area contributed by atoms with Crippen LogP contribution in [-0.2, 0) is 18.8 Å². The summed E-state index contributed by atoms with van der Waals surface area (Å²) in [6.07, 6.45) is 1.90. The van der Waals surface area contributed by atoms with Crippen molar-refractivity contribution in [2.75, 3.05) is 6.54 Å². The molecule has 0 aliphatic rings. The molecule has 4 heteroatoms. The van der Waals surface area contributed by atoms with E-state index in [0.717, 1.165) is 0 Å². The number of rotatable bonds is 1. The summed E-state index contributed by atoms with van der Waals surface area (Å²) in [5.74, 6) is 0. The fourth-order valence-electron chi connectivity index (χ4n) is 0. The fourth-order valence-corrected chi connectivity index (χ4v) is 0. The van der Waals surface area contributed by atoms with Gasteiger partial charge in [0.25, 0.3) is 0 Å². The molecule has 0 aliphatic heterocycles. The molecular weight excluding hydrogens is 297 g/mol. The molecule has 0 fully saturated rings. The molecule has 0 saturated heterocycles. The third-order valence-corrected chi connectivity index (χ3v) is 0.236. The van der Waals surface area contributed by atoms with Crippen LogP contribution in [0.5, 0.6) is 0 Å². The number of hydrogen-bond donors (Lipinski definition) is 1. The van der Waals surface area contributed by atoms with Crippen molar-refractivity contribution in [3.63, 3.8) is 0 Å². The summed E-state index contributed by atoms with van der Waals surface area (Å²) in [5.41, 5.74) is 4.97. The molecule has 0 aromatic heterocycles. The summed E-state index contributed by atoms with van der Waals surface area (Å²) >= 11 is 1.61. The Bertz CT molecular complexity index is 16.9. The number of halogens is 1. The second-order valence-electron chi connectivity index (χ2n) is 0.644. The van der Waals surface area contributed by atoms with Gasteiger partial charge in [-0.1, -0.05) is 0 Å². The standard InChI is InChI=1S/C3H8N.ClH.H2O.Pt/c1-2-3-4;;;/h2H,3-4H2,1H3;1H;1H2;/q-1;;;+2/p-1. The van der Waals surface area contributed by atoms with Gasteiger partial charge < -0.3 is 17.6 Å². The van der Waals surface area contributed by atoms with E-state index in [4.69, 9.17) is 5.73 Å². The van der Waals surface area contributed by atoms with Crippen LogP contribution in [0.3, 0.4) is 0 Å². The van der Waals surface area contributed by atoms with Crippen LogP contribution < -0.4 is 5.73 Å². The summed E-state index contributed by atoms with van der Waals surface area (Å²) in [5, 5.41) is 0. The van der Waals surface area contributed by atoms with E-state index in [9.17, 15) is 0 Å². The second-order valence-corrected chi connectivity index (χ2v) is 0.644. The molecule has 50 valence electrons. The maximum atomic E-state index is 4.97. The molecule has 2 nitrogen and oxygen atoms in total. The van der Waals surface area contributed by atoms with Gasteiger partial charge in [0.1, 0.15) is 0 Å². The van der Waals surface area contributed by atoms with Crippen LogP contribution in [0.15, 0.2) is 0 Å². The molecule has 0 rings (SSSR count). The van der Waals surface area contributed by atoms with Crippen LogP contribution in [-0.4, -0.2) is 12.0 Å². The van der Waals surface area contributed by atoms with Gasteiger partial charge in [0.15, 0.2) is 0 Å². The van der Waals surface area contributed by atoms with Gasteiger partial charge in [-0.05, 0) is 0 Å². The second kappa shape index (κ2) is 28.6. The Hall–Kier alpha value is 0.898. The number of nitrogens with two attached hydrogens (primary N) is 1. The Morgan fingerprint density at radius 1 is 1.71 bits per heavy atom. The normalized spacial score (nSPS) is 5.29. The molecule has 4 N–H and O–H groups in total. The molecule has 0 amide bonds. The third-order valence-electron chi connectivity index (χ3n) is 0.236. The topological polar surface area (TPSA) is 57.5 Å². The van der Waals surface area contributed by atoms with Gasteiger partial charge in [-0.15, -0.1) is 6.54 Å². The Kier molecular flexibility index (Phi) is 63.9. The van der Waals surface area contributed by atoms with Crippen molar-refractivity contribution >= 4 is 9.42 Å². The molecule has 0 unspecified atom stereocenters. The van der Waals surface area contributed by atoms with Gasteiger partial charge in [-0.2, -0.15) is 6.92 Å². The summed E-state index contributed by atoms with van der Waals surface area (Å²) < 4.78 is 0. The predicted molar refractivity (Wildman–Crippen MR) is 28.5 cm³/mol. The molecule has 0 aromatic carbocycles. The molecule has 0 aliphatic carbocycles. The quantitative estimate of drug-likeness (QED) is 0.683. The molecule has 0 radical (unpaired) electrons. The van der Waals surface area contributed by atoms with E-state index in [2.05, 4.69) is 9.42 Å². The summed E-state index contributed by atoms with van der Waals surface area (Å²) in [6.45, 7) is 2.62. The van der Waals surface area contributed by atoms with Gasteiger partial charge >= 0.3 is 28.2 Å². The van der Waals surface area contributed by atoms with Gasteiger partial charge in [-0.3, -0.25) is 0 Å². The SMILES string of the molecule is C[CH-]CN.O.[Cl][Pt+]. The van der Waals surface area contributed by atoms with Crippen LogP contribution in [0, 0.1) is 6.42 Å². The van der Waals surface area contributed by atoms with Gasteiger partial charge in [0.2, 0.25) is 0 Å². The molecular formula is C3H10ClNOPt. The van der Waals surface area contributed by atoms with Crippen molar-refractivity contribution in [1.82, 2.24) is 0 Å². The van der Waals surface area contributed by atoms with E-state index in [1.54, 1.807) is 18.8 Å². The first-order valence-corrected chi connectivity index (χ1v) is 4.33. The average Bonchev–Trinajstić information content (AvgIpc) is 1.72. The summed E-state index contributed by atoms with van der Waals surface area (Å²) in [6, 6.07) is 0. The Labute approximate surface area is 59.5 Å². The Balaban J connectivity index is -0.0000000480. The summed E-state index contributed by atoms with van der Waals surface area (Å²) in [7, 11) is 4.61. The van der Waals surface area contributed by atoms with Crippen LogP contribution in [0.4, 0.5) is 0 Å². The van der Waals surface area contributed by atoms with Crippen molar-refractivity contribution in [2.45, 2.75) is 6.92 Å². The van der Waals surface area contributed by atoms with Crippen LogP contribution >= 0.6 is 9.42 Å². The predicted octanol–water partition coefficient (Wildman–Crippen LogP) is 0.0316. The van der Waals surface area contributed by atoms with E-state index in [-0.39, 0.29) is 5.48 Å². The van der Waals surface area contributed by atoms with Gasteiger partial charge in [0.05, 0.1) is 0 Å². The first-order valence-electron chi connectivity index (χ1n) is 1.51. The molecule has 0 heterocycles. The minimum atomic E-state index is 0. The van der Waals surface area contributed by atoms with Gasteiger partial charge in [-0.25, -0.2) is 0 Å². The third kappa shape index (κ3) is 45.9. The zero-order chi connectivity index (χ0) is 5.41. The molecule has 0 saturated carbocycles. The van der Waals surface area contributed by atoms with Crippen LogP contribution in [0.1, 0.15) is 6.92 Å². The van der Waals surface area contributed by atoms with Crippen molar-refractivity contribution in [3.05, 3.63) is 6.42 Å². The maximum absolute atomic E-state index is 4.97. The fraction of sp³-hybridized carbons (Fsp3) is 0.667. The molecule has 0 bridgehead atoms.